The molecule has 1 fully saturated rings. The second kappa shape index (κ2) is 6.93. The van der Waals surface area contributed by atoms with Crippen LogP contribution in [0, 0.1) is 0 Å². The second-order valence-electron chi connectivity index (χ2n) is 7.25. The molecule has 3 rings (SSSR count). The topological polar surface area (TPSA) is 121 Å². The average Bonchev–Trinajstić information content (AvgIpc) is 3.00. The quantitative estimate of drug-likeness (QED) is 0.752. The molecular weight excluding hydrogens is 354 g/mol. The maximum Gasteiger partial charge on any atom is 0.410 e. The maximum absolute atomic E-state index is 12.3. The van der Waals surface area contributed by atoms with E-state index < -0.39 is 11.6 Å². The largest absolute Gasteiger partial charge is 0.465 e. The Balaban J connectivity index is 1.85. The van der Waals surface area contributed by atoms with E-state index in [0.717, 1.165) is 0 Å². The molecule has 0 spiro atoms. The van der Waals surface area contributed by atoms with Gasteiger partial charge in [0.1, 0.15) is 28.0 Å². The van der Waals surface area contributed by atoms with E-state index in [1.165, 1.54) is 13.4 Å². The second-order valence-corrected chi connectivity index (χ2v) is 7.25. The first-order valence-corrected chi connectivity index (χ1v) is 8.62. The van der Waals surface area contributed by atoms with Crippen molar-refractivity contribution in [1.29, 1.82) is 0 Å². The number of carbonyl (C=O) groups excluding carboxylic acids is 2. The number of hydrogen-bond acceptors (Lipinski definition) is 7. The van der Waals surface area contributed by atoms with Crippen LogP contribution in [0.2, 0.25) is 0 Å². The summed E-state index contributed by atoms with van der Waals surface area (Å²) in [5.74, 6) is -0.117. The molecule has 0 saturated carbocycles. The van der Waals surface area contributed by atoms with Gasteiger partial charge in [-0.05, 0) is 20.8 Å². The first-order chi connectivity index (χ1) is 12.7. The molecule has 10 heteroatoms. The predicted molar refractivity (Wildman–Crippen MR) is 98.1 cm³/mol. The molecule has 0 aromatic carbocycles. The van der Waals surface area contributed by atoms with Crippen molar-refractivity contribution in [3.05, 3.63) is 22.2 Å². The summed E-state index contributed by atoms with van der Waals surface area (Å²) in [5.41, 5.74) is -0.248. The van der Waals surface area contributed by atoms with Gasteiger partial charge < -0.3 is 29.2 Å². The van der Waals surface area contributed by atoms with Crippen LogP contribution in [0.25, 0.3) is 11.0 Å². The van der Waals surface area contributed by atoms with Crippen molar-refractivity contribution in [3.8, 4) is 0 Å². The molecule has 27 heavy (non-hydrogen) atoms. The zero-order chi connectivity index (χ0) is 19.8. The van der Waals surface area contributed by atoms with E-state index in [4.69, 9.17) is 9.47 Å². The smallest absolute Gasteiger partial charge is 0.410 e. The molecular formula is C17H23N5O5. The summed E-state index contributed by atoms with van der Waals surface area (Å²) in [6.07, 6.45) is 0.875. The van der Waals surface area contributed by atoms with Crippen LogP contribution in [0.15, 0.2) is 11.1 Å². The number of methoxy groups -OCH3 is 1. The molecule has 1 saturated heterocycles. The van der Waals surface area contributed by atoms with Gasteiger partial charge in [0.2, 0.25) is 0 Å². The summed E-state index contributed by atoms with van der Waals surface area (Å²) >= 11 is 0. The van der Waals surface area contributed by atoms with Crippen LogP contribution in [0.4, 0.5) is 10.6 Å². The Bertz CT molecular complexity index is 918. The van der Waals surface area contributed by atoms with Gasteiger partial charge >= 0.3 is 12.1 Å². The van der Waals surface area contributed by atoms with Crippen LogP contribution < -0.4 is 10.5 Å². The van der Waals surface area contributed by atoms with Crippen LogP contribution >= 0.6 is 0 Å². The minimum atomic E-state index is -0.580. The lowest BCUT2D eigenvalue weighted by Gasteiger charge is -2.36. The van der Waals surface area contributed by atoms with Crippen LogP contribution in [-0.4, -0.2) is 70.8 Å². The summed E-state index contributed by atoms with van der Waals surface area (Å²) in [7, 11) is 1.28. The molecule has 2 N–H and O–H groups in total. The molecule has 146 valence electrons. The van der Waals surface area contributed by atoms with Crippen LogP contribution in [0.5, 0.6) is 0 Å². The third-order valence-electron chi connectivity index (χ3n) is 4.21. The molecule has 0 bridgehead atoms. The minimum absolute atomic E-state index is 0.211. The van der Waals surface area contributed by atoms with E-state index in [0.29, 0.717) is 32.0 Å². The minimum Gasteiger partial charge on any atom is -0.465 e. The Morgan fingerprint density at radius 3 is 2.44 bits per heavy atom. The number of rotatable bonds is 2. The SMILES string of the molecule is COC(=O)c1c(N2CCN(C(=O)OC(C)(C)C)CC2)[nH]c2c(=O)[nH]cnc12. The number of nitrogens with one attached hydrogen (secondary N) is 2. The molecule has 0 radical (unpaired) electrons. The standard InChI is InChI=1S/C17H23N5O5/c1-17(2,3)27-16(25)22-7-5-21(6-8-22)13-10(15(24)26-4)11-12(20-13)14(23)19-9-18-11/h9,20H,5-8H2,1-4H3,(H,18,19,23). The Hall–Kier alpha value is -3.04. The molecule has 1 amide bonds. The molecule has 1 aliphatic rings. The number of amides is 1. The van der Waals surface area contributed by atoms with Crippen molar-refractivity contribution in [2.24, 2.45) is 0 Å². The number of aromatic nitrogens is 3. The van der Waals surface area contributed by atoms with Crippen molar-refractivity contribution >= 4 is 28.9 Å². The molecule has 0 atom stereocenters. The number of nitrogens with zero attached hydrogens (tertiary/aromatic N) is 3. The summed E-state index contributed by atoms with van der Waals surface area (Å²) in [6.45, 7) is 7.24. The Morgan fingerprint density at radius 1 is 1.19 bits per heavy atom. The van der Waals surface area contributed by atoms with Gasteiger partial charge in [0, 0.05) is 26.2 Å². The van der Waals surface area contributed by atoms with E-state index >= 15 is 0 Å². The van der Waals surface area contributed by atoms with Gasteiger partial charge in [-0.3, -0.25) is 4.79 Å². The molecule has 3 heterocycles. The maximum atomic E-state index is 12.3. The molecule has 2 aromatic rings. The van der Waals surface area contributed by atoms with Crippen molar-refractivity contribution in [2.45, 2.75) is 26.4 Å². The highest BCUT2D eigenvalue weighted by Crippen LogP contribution is 2.27. The van der Waals surface area contributed by atoms with Crippen molar-refractivity contribution in [1.82, 2.24) is 19.9 Å². The molecule has 2 aromatic heterocycles. The van der Waals surface area contributed by atoms with Crippen molar-refractivity contribution in [3.63, 3.8) is 0 Å². The van der Waals surface area contributed by atoms with Gasteiger partial charge in [-0.2, -0.15) is 0 Å². The fraction of sp³-hybridized carbons (Fsp3) is 0.529. The molecule has 0 unspecified atom stereocenters. The number of esters is 1. The van der Waals surface area contributed by atoms with E-state index in [9.17, 15) is 14.4 Å². The molecule has 0 aliphatic carbocycles. The Labute approximate surface area is 155 Å². The number of carbonyl (C=O) groups is 2. The summed E-state index contributed by atoms with van der Waals surface area (Å²) in [5, 5.41) is 0. The van der Waals surface area contributed by atoms with Crippen molar-refractivity contribution < 1.29 is 19.1 Å². The van der Waals surface area contributed by atoms with Crippen LogP contribution in [-0.2, 0) is 9.47 Å². The van der Waals surface area contributed by atoms with Gasteiger partial charge in [0.05, 0.1) is 13.4 Å². The molecule has 10 nitrogen and oxygen atoms in total. The number of piperazine rings is 1. The number of ether oxygens (including phenoxy) is 2. The number of hydrogen-bond donors (Lipinski definition) is 2. The fourth-order valence-corrected chi connectivity index (χ4v) is 2.97. The summed E-state index contributed by atoms with van der Waals surface area (Å²) < 4.78 is 10.3. The molecule has 1 aliphatic heterocycles. The first kappa shape index (κ1) is 18.7. The highest BCUT2D eigenvalue weighted by Gasteiger charge is 2.30. The van der Waals surface area contributed by atoms with Gasteiger partial charge in [-0.25, -0.2) is 14.6 Å². The lowest BCUT2D eigenvalue weighted by Crippen LogP contribution is -2.50. The van der Waals surface area contributed by atoms with Gasteiger partial charge in [0.25, 0.3) is 5.56 Å². The van der Waals surface area contributed by atoms with Crippen molar-refractivity contribution in [2.75, 3.05) is 38.2 Å². The summed E-state index contributed by atoms with van der Waals surface area (Å²) in [6, 6.07) is 0. The van der Waals surface area contributed by atoms with E-state index in [1.54, 1.807) is 4.90 Å². The first-order valence-electron chi connectivity index (χ1n) is 8.62. The van der Waals surface area contributed by atoms with Gasteiger partial charge in [-0.15, -0.1) is 0 Å². The monoisotopic (exact) mass is 377 g/mol. The number of anilines is 1. The van der Waals surface area contributed by atoms with Gasteiger partial charge in [0.15, 0.2) is 0 Å². The average molecular weight is 377 g/mol. The Kier molecular flexibility index (Phi) is 4.81. The highest BCUT2D eigenvalue weighted by atomic mass is 16.6. The van der Waals surface area contributed by atoms with Crippen LogP contribution in [0.3, 0.4) is 0 Å². The highest BCUT2D eigenvalue weighted by molar-refractivity contribution is 6.07. The van der Waals surface area contributed by atoms with Crippen LogP contribution in [0.1, 0.15) is 31.1 Å². The normalized spacial score (nSPS) is 15.1. The number of aromatic amines is 2. The number of H-pyrrole nitrogens is 2. The predicted octanol–water partition coefficient (Wildman–Crippen LogP) is 1.09. The van der Waals surface area contributed by atoms with E-state index in [-0.39, 0.29) is 28.2 Å². The van der Waals surface area contributed by atoms with Gasteiger partial charge in [-0.1, -0.05) is 0 Å². The lowest BCUT2D eigenvalue weighted by molar-refractivity contribution is 0.0239. The lowest BCUT2D eigenvalue weighted by atomic mass is 10.2. The Morgan fingerprint density at radius 2 is 1.85 bits per heavy atom. The van der Waals surface area contributed by atoms with E-state index in [2.05, 4.69) is 15.0 Å². The third kappa shape index (κ3) is 3.74. The zero-order valence-corrected chi connectivity index (χ0v) is 15.8. The zero-order valence-electron chi connectivity index (χ0n) is 15.8. The van der Waals surface area contributed by atoms with E-state index in [1.807, 2.05) is 25.7 Å². The third-order valence-corrected chi connectivity index (χ3v) is 4.21. The number of fused-ring (bicyclic) bond motifs is 1. The fourth-order valence-electron chi connectivity index (χ4n) is 2.97. The summed E-state index contributed by atoms with van der Waals surface area (Å²) in [4.78, 5) is 49.6.